The minimum Gasteiger partial charge on any atom is -0.477 e. The molecule has 0 aliphatic heterocycles. The Balaban J connectivity index is 1.56. The number of hydrogen-bond acceptors (Lipinski definition) is 4. The number of aromatic carboxylic acids is 1. The lowest BCUT2D eigenvalue weighted by Gasteiger charge is -2.10. The Morgan fingerprint density at radius 2 is 1.77 bits per heavy atom. The topological polar surface area (TPSA) is 91.3 Å². The van der Waals surface area contributed by atoms with E-state index in [0.29, 0.717) is 16.8 Å². The van der Waals surface area contributed by atoms with Crippen LogP contribution < -0.4 is 10.6 Å². The molecule has 31 heavy (non-hydrogen) atoms. The van der Waals surface area contributed by atoms with Gasteiger partial charge in [-0.25, -0.2) is 14.0 Å². The summed E-state index contributed by atoms with van der Waals surface area (Å²) >= 11 is 1.19. The molecule has 0 fully saturated rings. The van der Waals surface area contributed by atoms with Gasteiger partial charge in [0.05, 0.1) is 15.9 Å². The Kier molecular flexibility index (Phi) is 5.39. The average molecular weight is 435 g/mol. The number of thiophene rings is 1. The molecule has 0 spiro atoms. The summed E-state index contributed by atoms with van der Waals surface area (Å²) in [5.41, 5.74) is 4.52. The van der Waals surface area contributed by atoms with Crippen LogP contribution in [0.15, 0.2) is 54.7 Å². The van der Waals surface area contributed by atoms with Gasteiger partial charge in [0.2, 0.25) is 0 Å². The summed E-state index contributed by atoms with van der Waals surface area (Å²) in [6, 6.07) is 12.9. The number of halogens is 1. The Morgan fingerprint density at radius 3 is 2.48 bits per heavy atom. The van der Waals surface area contributed by atoms with Gasteiger partial charge < -0.3 is 15.7 Å². The predicted molar refractivity (Wildman–Crippen MR) is 121 cm³/mol. The number of amides is 2. The highest BCUT2D eigenvalue weighted by Crippen LogP contribution is 2.37. The third-order valence-corrected chi connectivity index (χ3v) is 6.12. The van der Waals surface area contributed by atoms with Gasteiger partial charge in [-0.1, -0.05) is 18.2 Å². The van der Waals surface area contributed by atoms with Crippen molar-refractivity contribution in [2.24, 2.45) is 0 Å². The molecule has 0 bridgehead atoms. The summed E-state index contributed by atoms with van der Waals surface area (Å²) in [6.45, 7) is 3.56. The number of anilines is 2. The molecular formula is C23H18FN3O3S. The normalized spacial score (nSPS) is 10.8. The Labute approximate surface area is 181 Å². The van der Waals surface area contributed by atoms with Crippen molar-refractivity contribution in [2.75, 3.05) is 10.6 Å². The second-order valence-electron chi connectivity index (χ2n) is 7.04. The van der Waals surface area contributed by atoms with E-state index in [9.17, 15) is 19.1 Å². The van der Waals surface area contributed by atoms with Crippen molar-refractivity contribution >= 4 is 44.9 Å². The van der Waals surface area contributed by atoms with Gasteiger partial charge in [0.15, 0.2) is 0 Å². The van der Waals surface area contributed by atoms with Gasteiger partial charge in [0.1, 0.15) is 10.7 Å². The van der Waals surface area contributed by atoms with Crippen LogP contribution in [0, 0.1) is 19.7 Å². The number of aryl methyl sites for hydroxylation is 2. The maximum atomic E-state index is 13.8. The van der Waals surface area contributed by atoms with E-state index in [0.717, 1.165) is 21.4 Å². The molecule has 4 rings (SSSR count). The van der Waals surface area contributed by atoms with E-state index in [2.05, 4.69) is 15.6 Å². The van der Waals surface area contributed by atoms with E-state index < -0.39 is 17.8 Å². The number of carbonyl (C=O) groups excluding carboxylic acids is 1. The van der Waals surface area contributed by atoms with Gasteiger partial charge in [0.25, 0.3) is 0 Å². The zero-order valence-corrected chi connectivity index (χ0v) is 17.5. The van der Waals surface area contributed by atoms with E-state index in [4.69, 9.17) is 0 Å². The molecule has 0 radical (unpaired) electrons. The number of hydrogen-bond donors (Lipinski definition) is 3. The summed E-state index contributed by atoms with van der Waals surface area (Å²) in [5.74, 6) is -1.48. The van der Waals surface area contributed by atoms with Crippen molar-refractivity contribution in [1.82, 2.24) is 4.98 Å². The van der Waals surface area contributed by atoms with Gasteiger partial charge in [-0.3, -0.25) is 4.98 Å². The third-order valence-electron chi connectivity index (χ3n) is 4.82. The quantitative estimate of drug-likeness (QED) is 0.363. The molecule has 2 heterocycles. The SMILES string of the molecule is Cc1ccc(F)c(NC(=O)Nc2ccc(-c3ccnc4c(C)c(C(=O)O)sc34)cc2)c1. The summed E-state index contributed by atoms with van der Waals surface area (Å²) < 4.78 is 14.6. The van der Waals surface area contributed by atoms with Gasteiger partial charge >= 0.3 is 12.0 Å². The molecule has 0 atom stereocenters. The smallest absolute Gasteiger partial charge is 0.346 e. The number of carboxylic acids is 1. The lowest BCUT2D eigenvalue weighted by Crippen LogP contribution is -2.20. The zero-order chi connectivity index (χ0) is 22.1. The molecule has 0 unspecified atom stereocenters. The third kappa shape index (κ3) is 4.10. The number of fused-ring (bicyclic) bond motifs is 1. The number of pyridine rings is 1. The van der Waals surface area contributed by atoms with Crippen LogP contribution >= 0.6 is 11.3 Å². The molecule has 0 saturated heterocycles. The largest absolute Gasteiger partial charge is 0.477 e. The monoisotopic (exact) mass is 435 g/mol. The highest BCUT2D eigenvalue weighted by atomic mass is 32.1. The van der Waals surface area contributed by atoms with Crippen LogP contribution in [0.5, 0.6) is 0 Å². The first-order valence-electron chi connectivity index (χ1n) is 9.39. The summed E-state index contributed by atoms with van der Waals surface area (Å²) in [6.07, 6.45) is 1.65. The number of urea groups is 1. The minimum atomic E-state index is -0.970. The van der Waals surface area contributed by atoms with Crippen molar-refractivity contribution < 1.29 is 19.1 Å². The van der Waals surface area contributed by atoms with Crippen LogP contribution in [-0.4, -0.2) is 22.1 Å². The van der Waals surface area contributed by atoms with E-state index in [1.165, 1.54) is 17.4 Å². The fraction of sp³-hybridized carbons (Fsp3) is 0.0870. The number of benzene rings is 2. The van der Waals surface area contributed by atoms with Crippen molar-refractivity contribution in [3.05, 3.63) is 76.5 Å². The van der Waals surface area contributed by atoms with Crippen LogP contribution in [0.25, 0.3) is 21.3 Å². The van der Waals surface area contributed by atoms with Gasteiger partial charge in [0, 0.05) is 23.0 Å². The lowest BCUT2D eigenvalue weighted by molar-refractivity contribution is 0.0701. The first kappa shape index (κ1) is 20.5. The van der Waals surface area contributed by atoms with Crippen molar-refractivity contribution in [3.8, 4) is 11.1 Å². The molecule has 4 aromatic rings. The summed E-state index contributed by atoms with van der Waals surface area (Å²) in [5, 5.41) is 14.6. The first-order chi connectivity index (χ1) is 14.8. The molecule has 8 heteroatoms. The average Bonchev–Trinajstić information content (AvgIpc) is 3.08. The molecule has 2 amide bonds. The minimum absolute atomic E-state index is 0.107. The molecule has 0 saturated carbocycles. The lowest BCUT2D eigenvalue weighted by atomic mass is 10.1. The standard InChI is InChI=1S/C23H18FN3O3S/c1-12-3-8-17(24)18(11-12)27-23(30)26-15-6-4-14(5-7-15)16-9-10-25-19-13(2)20(22(28)29)31-21(16)19/h3-11H,1-2H3,(H,28,29)(H2,26,27,30). The van der Waals surface area contributed by atoms with E-state index in [1.54, 1.807) is 37.4 Å². The van der Waals surface area contributed by atoms with Gasteiger partial charge in [-0.05, 0) is 55.3 Å². The molecule has 0 aliphatic carbocycles. The molecule has 2 aromatic heterocycles. The highest BCUT2D eigenvalue weighted by molar-refractivity contribution is 7.21. The fourth-order valence-corrected chi connectivity index (χ4v) is 4.43. The molecule has 3 N–H and O–H groups in total. The van der Waals surface area contributed by atoms with Crippen molar-refractivity contribution in [3.63, 3.8) is 0 Å². The van der Waals surface area contributed by atoms with Gasteiger partial charge in [-0.2, -0.15) is 0 Å². The second kappa shape index (κ2) is 8.16. The maximum absolute atomic E-state index is 13.8. The first-order valence-corrected chi connectivity index (χ1v) is 10.2. The van der Waals surface area contributed by atoms with Crippen molar-refractivity contribution in [1.29, 1.82) is 0 Å². The Morgan fingerprint density at radius 1 is 1.03 bits per heavy atom. The molecule has 2 aromatic carbocycles. The fourth-order valence-electron chi connectivity index (χ4n) is 3.29. The Hall–Kier alpha value is -3.78. The van der Waals surface area contributed by atoms with Crippen LogP contribution in [0.2, 0.25) is 0 Å². The number of nitrogens with zero attached hydrogens (tertiary/aromatic N) is 1. The van der Waals surface area contributed by atoms with Crippen LogP contribution in [-0.2, 0) is 0 Å². The van der Waals surface area contributed by atoms with Crippen LogP contribution in [0.4, 0.5) is 20.6 Å². The van der Waals surface area contributed by atoms with Crippen LogP contribution in [0.3, 0.4) is 0 Å². The number of aromatic nitrogens is 1. The van der Waals surface area contributed by atoms with E-state index in [-0.39, 0.29) is 10.6 Å². The Bertz CT molecular complexity index is 1320. The highest BCUT2D eigenvalue weighted by Gasteiger charge is 2.18. The molecule has 0 aliphatic rings. The number of carbonyl (C=O) groups is 2. The summed E-state index contributed by atoms with van der Waals surface area (Å²) in [7, 11) is 0. The molecule has 156 valence electrons. The number of nitrogens with one attached hydrogen (secondary N) is 2. The predicted octanol–water partition coefficient (Wildman–Crippen LogP) is 6.06. The maximum Gasteiger partial charge on any atom is 0.346 e. The number of rotatable bonds is 4. The molecular weight excluding hydrogens is 417 g/mol. The molecule has 6 nitrogen and oxygen atoms in total. The zero-order valence-electron chi connectivity index (χ0n) is 16.7. The number of carboxylic acid groups (broad SMARTS) is 1. The van der Waals surface area contributed by atoms with Crippen LogP contribution in [0.1, 0.15) is 20.8 Å². The summed E-state index contributed by atoms with van der Waals surface area (Å²) in [4.78, 5) is 28.3. The van der Waals surface area contributed by atoms with E-state index in [1.807, 2.05) is 25.1 Å². The van der Waals surface area contributed by atoms with Crippen molar-refractivity contribution in [2.45, 2.75) is 13.8 Å². The second-order valence-corrected chi connectivity index (χ2v) is 8.06. The van der Waals surface area contributed by atoms with Gasteiger partial charge in [-0.15, -0.1) is 11.3 Å². The van der Waals surface area contributed by atoms with E-state index >= 15 is 0 Å².